The highest BCUT2D eigenvalue weighted by atomic mass is 32.1. The maximum absolute atomic E-state index is 13.7. The van der Waals surface area contributed by atoms with Gasteiger partial charge in [0, 0.05) is 29.8 Å². The van der Waals surface area contributed by atoms with Gasteiger partial charge in [-0.25, -0.2) is 4.39 Å². The van der Waals surface area contributed by atoms with Crippen molar-refractivity contribution in [2.45, 2.75) is 64.0 Å². The highest BCUT2D eigenvalue weighted by Crippen LogP contribution is 2.28. The summed E-state index contributed by atoms with van der Waals surface area (Å²) in [5, 5.41) is 3.50. The van der Waals surface area contributed by atoms with Crippen LogP contribution in [0.1, 0.15) is 45.6 Å². The maximum atomic E-state index is 13.7. The van der Waals surface area contributed by atoms with E-state index >= 15 is 0 Å². The summed E-state index contributed by atoms with van der Waals surface area (Å²) in [5.74, 6) is 0.463. The predicted octanol–water partition coefficient (Wildman–Crippen LogP) is 3.76. The topological polar surface area (TPSA) is 38.3 Å². The van der Waals surface area contributed by atoms with Crippen molar-refractivity contribution in [2.75, 3.05) is 0 Å². The van der Waals surface area contributed by atoms with Crippen LogP contribution in [0.25, 0.3) is 0 Å². The molecule has 1 aromatic rings. The Bertz CT molecular complexity index is 542. The normalized spacial score (nSPS) is 21.8. The molecule has 2 rings (SSSR count). The minimum atomic E-state index is -0.313. The molecule has 1 N–H and O–H groups in total. The highest BCUT2D eigenvalue weighted by molar-refractivity contribution is 7.80. The smallest absolute Gasteiger partial charge is 0.135 e. The first kappa shape index (κ1) is 18.3. The van der Waals surface area contributed by atoms with Crippen molar-refractivity contribution in [1.82, 2.24) is 5.32 Å². The number of carbonyl (C=O) groups excluding carboxylic acids is 1. The van der Waals surface area contributed by atoms with Gasteiger partial charge in [-0.2, -0.15) is 12.6 Å². The fourth-order valence-electron chi connectivity index (χ4n) is 2.72. The molecule has 0 spiro atoms. The number of Topliss-reactive ketones (excluding diaryl/α,β-unsaturated/α-hetero) is 1. The molecule has 1 fully saturated rings. The third kappa shape index (κ3) is 5.81. The van der Waals surface area contributed by atoms with Gasteiger partial charge >= 0.3 is 0 Å². The van der Waals surface area contributed by atoms with Crippen LogP contribution in [-0.2, 0) is 11.2 Å². The molecule has 0 radical (unpaired) electrons. The van der Waals surface area contributed by atoms with Crippen LogP contribution in [0.2, 0.25) is 0 Å². The van der Waals surface area contributed by atoms with Crippen molar-refractivity contribution in [2.24, 2.45) is 5.92 Å². The second-order valence-corrected chi connectivity index (χ2v) is 7.44. The average Bonchev–Trinajstić information content (AvgIpc) is 2.41. The zero-order chi connectivity index (χ0) is 17.0. The first-order valence-corrected chi connectivity index (χ1v) is 8.78. The standard InChI is InChI=1S/C18H26FNO2S/c1-11(2)18(21)5-4-13-6-14(19)8-16(7-13)22-17-9-15(10-17)20-12(3)23/h6-8,11-12,15,17,20,23H,4-5,9-10H2,1-3H3/t12?,15-,17-. The third-order valence-electron chi connectivity index (χ3n) is 4.11. The molecule has 5 heteroatoms. The van der Waals surface area contributed by atoms with Crippen LogP contribution in [0, 0.1) is 11.7 Å². The molecule has 0 saturated heterocycles. The molecule has 0 aromatic heterocycles. The summed E-state index contributed by atoms with van der Waals surface area (Å²) < 4.78 is 19.6. The van der Waals surface area contributed by atoms with Gasteiger partial charge in [-0.15, -0.1) is 0 Å². The molecule has 1 atom stereocenters. The van der Waals surface area contributed by atoms with E-state index in [9.17, 15) is 9.18 Å². The van der Waals surface area contributed by atoms with Gasteiger partial charge in [-0.3, -0.25) is 4.79 Å². The molecule has 0 aliphatic heterocycles. The summed E-state index contributed by atoms with van der Waals surface area (Å²) in [6.45, 7) is 5.76. The van der Waals surface area contributed by atoms with Crippen molar-refractivity contribution < 1.29 is 13.9 Å². The summed E-state index contributed by atoms with van der Waals surface area (Å²) in [7, 11) is 0. The summed E-state index contributed by atoms with van der Waals surface area (Å²) in [5.41, 5.74) is 0.812. The second-order valence-electron chi connectivity index (χ2n) is 6.67. The average molecular weight is 339 g/mol. The third-order valence-corrected chi connectivity index (χ3v) is 4.26. The Morgan fingerprint density at radius 1 is 1.35 bits per heavy atom. The lowest BCUT2D eigenvalue weighted by atomic mass is 9.89. The molecular formula is C18H26FNO2S. The molecule has 3 nitrogen and oxygen atoms in total. The van der Waals surface area contributed by atoms with Gasteiger partial charge in [0.25, 0.3) is 0 Å². The van der Waals surface area contributed by atoms with Crippen molar-refractivity contribution in [3.63, 3.8) is 0 Å². The highest BCUT2D eigenvalue weighted by Gasteiger charge is 2.31. The number of nitrogens with one attached hydrogen (secondary N) is 1. The van der Waals surface area contributed by atoms with E-state index in [1.165, 1.54) is 12.1 Å². The number of hydrogen-bond donors (Lipinski definition) is 2. The molecule has 1 saturated carbocycles. The second kappa shape index (κ2) is 8.15. The van der Waals surface area contributed by atoms with E-state index < -0.39 is 0 Å². The van der Waals surface area contributed by atoms with E-state index in [2.05, 4.69) is 17.9 Å². The fraction of sp³-hybridized carbons (Fsp3) is 0.611. The quantitative estimate of drug-likeness (QED) is 0.559. The maximum Gasteiger partial charge on any atom is 0.135 e. The van der Waals surface area contributed by atoms with Gasteiger partial charge in [0.2, 0.25) is 0 Å². The van der Waals surface area contributed by atoms with Crippen molar-refractivity contribution >= 4 is 18.4 Å². The number of carbonyl (C=O) groups is 1. The molecule has 23 heavy (non-hydrogen) atoms. The Morgan fingerprint density at radius 3 is 2.65 bits per heavy atom. The van der Waals surface area contributed by atoms with E-state index in [-0.39, 0.29) is 29.0 Å². The zero-order valence-corrected chi connectivity index (χ0v) is 14.9. The Kier molecular flexibility index (Phi) is 6.48. The number of ether oxygens (including phenoxy) is 1. The fourth-order valence-corrected chi connectivity index (χ4v) is 2.93. The molecule has 128 valence electrons. The Morgan fingerprint density at radius 2 is 2.04 bits per heavy atom. The molecule has 1 unspecified atom stereocenters. The molecule has 1 aliphatic carbocycles. The predicted molar refractivity (Wildman–Crippen MR) is 93.6 cm³/mol. The lowest BCUT2D eigenvalue weighted by molar-refractivity contribution is -0.121. The lowest BCUT2D eigenvalue weighted by Gasteiger charge is -2.37. The molecular weight excluding hydrogens is 313 g/mol. The molecule has 1 aliphatic rings. The number of rotatable bonds is 8. The van der Waals surface area contributed by atoms with Gasteiger partial charge in [0.15, 0.2) is 0 Å². The molecule has 1 aromatic carbocycles. The van der Waals surface area contributed by atoms with E-state index in [1.54, 1.807) is 0 Å². The summed E-state index contributed by atoms with van der Waals surface area (Å²) in [4.78, 5) is 11.7. The van der Waals surface area contributed by atoms with Gasteiger partial charge in [0.1, 0.15) is 23.5 Å². The Balaban J connectivity index is 1.87. The lowest BCUT2D eigenvalue weighted by Crippen LogP contribution is -2.48. The SMILES string of the molecule is CC(S)N[C@H]1C[C@H](Oc2cc(F)cc(CCC(=O)C(C)C)c2)C1. The summed E-state index contributed by atoms with van der Waals surface area (Å²) in [6.07, 6.45) is 2.92. The van der Waals surface area contributed by atoms with Crippen LogP contribution in [0.5, 0.6) is 5.75 Å². The van der Waals surface area contributed by atoms with Gasteiger partial charge in [-0.05, 0) is 43.9 Å². The Hall–Kier alpha value is -1.07. The van der Waals surface area contributed by atoms with E-state index in [0.717, 1.165) is 18.4 Å². The van der Waals surface area contributed by atoms with Gasteiger partial charge < -0.3 is 10.1 Å². The van der Waals surface area contributed by atoms with E-state index in [0.29, 0.717) is 24.6 Å². The van der Waals surface area contributed by atoms with E-state index in [1.807, 2.05) is 26.8 Å². The summed E-state index contributed by atoms with van der Waals surface area (Å²) >= 11 is 4.31. The van der Waals surface area contributed by atoms with Crippen LogP contribution < -0.4 is 10.1 Å². The minimum Gasteiger partial charge on any atom is -0.490 e. The number of aryl methyl sites for hydroxylation is 1. The monoisotopic (exact) mass is 339 g/mol. The number of halogens is 1. The molecule has 0 heterocycles. The van der Waals surface area contributed by atoms with Crippen LogP contribution in [0.4, 0.5) is 4.39 Å². The Labute approximate surface area is 143 Å². The van der Waals surface area contributed by atoms with Crippen molar-refractivity contribution in [3.8, 4) is 5.75 Å². The minimum absolute atomic E-state index is 0.0212. The van der Waals surface area contributed by atoms with Crippen molar-refractivity contribution in [1.29, 1.82) is 0 Å². The first-order valence-electron chi connectivity index (χ1n) is 8.26. The number of hydrogen-bond acceptors (Lipinski definition) is 4. The first-order chi connectivity index (χ1) is 10.8. The molecule has 0 bridgehead atoms. The number of ketones is 1. The number of thiol groups is 1. The van der Waals surface area contributed by atoms with Gasteiger partial charge in [-0.1, -0.05) is 13.8 Å². The zero-order valence-electron chi connectivity index (χ0n) is 14.0. The molecule has 0 amide bonds. The number of benzene rings is 1. The van der Waals surface area contributed by atoms with Crippen LogP contribution in [0.15, 0.2) is 18.2 Å². The van der Waals surface area contributed by atoms with Crippen LogP contribution >= 0.6 is 12.6 Å². The van der Waals surface area contributed by atoms with Crippen LogP contribution in [0.3, 0.4) is 0 Å². The van der Waals surface area contributed by atoms with Crippen LogP contribution in [-0.4, -0.2) is 23.3 Å². The largest absolute Gasteiger partial charge is 0.490 e. The van der Waals surface area contributed by atoms with E-state index in [4.69, 9.17) is 4.74 Å². The summed E-state index contributed by atoms with van der Waals surface area (Å²) in [6, 6.07) is 5.16. The van der Waals surface area contributed by atoms with Crippen molar-refractivity contribution in [3.05, 3.63) is 29.6 Å². The van der Waals surface area contributed by atoms with Gasteiger partial charge in [0.05, 0.1) is 0 Å².